The number of nitrogens with zero attached hydrogens (tertiary/aromatic N) is 1. The van der Waals surface area contributed by atoms with Gasteiger partial charge in [0.2, 0.25) is 0 Å². The summed E-state index contributed by atoms with van der Waals surface area (Å²) in [6.45, 7) is 2.01. The summed E-state index contributed by atoms with van der Waals surface area (Å²) in [6, 6.07) is 0.767. The first kappa shape index (κ1) is 11.1. The highest BCUT2D eigenvalue weighted by Crippen LogP contribution is 2.33. The predicted octanol–water partition coefficient (Wildman–Crippen LogP) is 2.69. The zero-order valence-corrected chi connectivity index (χ0v) is 9.19. The van der Waals surface area contributed by atoms with E-state index in [2.05, 4.69) is 10.3 Å². The van der Waals surface area contributed by atoms with Crippen molar-refractivity contribution in [3.8, 4) is 0 Å². The van der Waals surface area contributed by atoms with E-state index in [1.807, 2.05) is 6.92 Å². The van der Waals surface area contributed by atoms with E-state index >= 15 is 0 Å². The first-order chi connectivity index (χ1) is 7.50. The zero-order chi connectivity index (χ0) is 11.8. The highest BCUT2D eigenvalue weighted by atomic mass is 19.1. The van der Waals surface area contributed by atoms with Crippen LogP contribution in [-0.4, -0.2) is 10.5 Å². The summed E-state index contributed by atoms with van der Waals surface area (Å²) in [5.41, 5.74) is 5.16. The molecule has 0 saturated heterocycles. The molecule has 1 saturated carbocycles. The van der Waals surface area contributed by atoms with E-state index in [1.165, 1.54) is 0 Å². The standard InChI is InChI=1S/C11H15F2N3/c1-11(4-2-3-5-11)16-10-8(13)6-7(12)9(14)15-10/h6H,2-5H2,1H3,(H3,14,15,16). The van der Waals surface area contributed by atoms with Crippen LogP contribution in [-0.2, 0) is 0 Å². The SMILES string of the molecule is CC1(Nc2nc(N)c(F)cc2F)CCCC1. The Morgan fingerprint density at radius 1 is 1.31 bits per heavy atom. The topological polar surface area (TPSA) is 50.9 Å². The number of hydrogen-bond acceptors (Lipinski definition) is 3. The number of nitrogen functional groups attached to an aromatic ring is 1. The summed E-state index contributed by atoms with van der Waals surface area (Å²) >= 11 is 0. The highest BCUT2D eigenvalue weighted by Gasteiger charge is 2.29. The van der Waals surface area contributed by atoms with Crippen molar-refractivity contribution in [2.24, 2.45) is 0 Å². The molecule has 1 heterocycles. The van der Waals surface area contributed by atoms with Gasteiger partial charge in [0.05, 0.1) is 0 Å². The quantitative estimate of drug-likeness (QED) is 0.816. The van der Waals surface area contributed by atoms with Gasteiger partial charge < -0.3 is 11.1 Å². The lowest BCUT2D eigenvalue weighted by atomic mass is 10.0. The van der Waals surface area contributed by atoms with Crippen LogP contribution in [0, 0.1) is 11.6 Å². The molecule has 0 atom stereocenters. The van der Waals surface area contributed by atoms with Crippen molar-refractivity contribution in [3.05, 3.63) is 17.7 Å². The number of anilines is 2. The lowest BCUT2D eigenvalue weighted by Gasteiger charge is -2.26. The summed E-state index contributed by atoms with van der Waals surface area (Å²) in [5.74, 6) is -1.74. The van der Waals surface area contributed by atoms with E-state index in [9.17, 15) is 8.78 Å². The van der Waals surface area contributed by atoms with Gasteiger partial charge in [-0.05, 0) is 19.8 Å². The molecular weight excluding hydrogens is 212 g/mol. The van der Waals surface area contributed by atoms with E-state index in [4.69, 9.17) is 5.73 Å². The molecule has 0 spiro atoms. The number of halogens is 2. The third-order valence-electron chi connectivity index (χ3n) is 3.08. The van der Waals surface area contributed by atoms with Crippen LogP contribution < -0.4 is 11.1 Å². The average Bonchev–Trinajstić information content (AvgIpc) is 2.62. The third kappa shape index (κ3) is 2.08. The maximum Gasteiger partial charge on any atom is 0.168 e. The molecule has 16 heavy (non-hydrogen) atoms. The van der Waals surface area contributed by atoms with E-state index in [0.29, 0.717) is 0 Å². The normalized spacial score (nSPS) is 18.7. The molecular formula is C11H15F2N3. The Hall–Kier alpha value is -1.39. The Kier molecular flexibility index (Phi) is 2.69. The molecule has 3 N–H and O–H groups in total. The molecule has 1 fully saturated rings. The van der Waals surface area contributed by atoms with Crippen LogP contribution >= 0.6 is 0 Å². The van der Waals surface area contributed by atoms with Gasteiger partial charge >= 0.3 is 0 Å². The maximum atomic E-state index is 13.4. The molecule has 0 amide bonds. The number of aromatic nitrogens is 1. The maximum absolute atomic E-state index is 13.4. The summed E-state index contributed by atoms with van der Waals surface area (Å²) < 4.78 is 26.3. The van der Waals surface area contributed by atoms with Crippen molar-refractivity contribution in [1.82, 2.24) is 4.98 Å². The second-order valence-electron chi connectivity index (χ2n) is 4.58. The van der Waals surface area contributed by atoms with E-state index < -0.39 is 11.6 Å². The van der Waals surface area contributed by atoms with Crippen LogP contribution in [0.25, 0.3) is 0 Å². The Balaban J connectivity index is 2.24. The minimum absolute atomic E-state index is 0.0447. The van der Waals surface area contributed by atoms with Gasteiger partial charge in [-0.1, -0.05) is 12.8 Å². The Bertz CT molecular complexity index is 400. The Labute approximate surface area is 93.1 Å². The molecule has 2 rings (SSSR count). The molecule has 88 valence electrons. The Morgan fingerprint density at radius 3 is 2.56 bits per heavy atom. The van der Waals surface area contributed by atoms with Crippen LogP contribution in [0.1, 0.15) is 32.6 Å². The van der Waals surface area contributed by atoms with Crippen LogP contribution in [0.2, 0.25) is 0 Å². The molecule has 1 aliphatic rings. The fourth-order valence-electron chi connectivity index (χ4n) is 2.13. The molecule has 0 unspecified atom stereocenters. The van der Waals surface area contributed by atoms with Gasteiger partial charge in [-0.15, -0.1) is 0 Å². The monoisotopic (exact) mass is 227 g/mol. The molecule has 0 bridgehead atoms. The summed E-state index contributed by atoms with van der Waals surface area (Å²) in [4.78, 5) is 3.70. The van der Waals surface area contributed by atoms with E-state index in [1.54, 1.807) is 0 Å². The second kappa shape index (κ2) is 3.88. The number of hydrogen-bond donors (Lipinski definition) is 2. The molecule has 0 radical (unpaired) electrons. The highest BCUT2D eigenvalue weighted by molar-refractivity contribution is 5.46. The molecule has 1 aromatic heterocycles. The lowest BCUT2D eigenvalue weighted by molar-refractivity contribution is 0.517. The van der Waals surface area contributed by atoms with Gasteiger partial charge in [-0.25, -0.2) is 13.8 Å². The van der Waals surface area contributed by atoms with Crippen molar-refractivity contribution in [2.45, 2.75) is 38.1 Å². The first-order valence-electron chi connectivity index (χ1n) is 5.40. The van der Waals surface area contributed by atoms with E-state index in [-0.39, 0.29) is 17.2 Å². The third-order valence-corrected chi connectivity index (χ3v) is 3.08. The number of rotatable bonds is 2. The van der Waals surface area contributed by atoms with Gasteiger partial charge in [-0.3, -0.25) is 0 Å². The van der Waals surface area contributed by atoms with Crippen LogP contribution in [0.15, 0.2) is 6.07 Å². The van der Waals surface area contributed by atoms with Crippen molar-refractivity contribution in [1.29, 1.82) is 0 Å². The summed E-state index contributed by atoms with van der Waals surface area (Å²) in [6.07, 6.45) is 4.15. The second-order valence-corrected chi connectivity index (χ2v) is 4.58. The van der Waals surface area contributed by atoms with Crippen LogP contribution in [0.3, 0.4) is 0 Å². The minimum Gasteiger partial charge on any atom is -0.381 e. The molecule has 3 nitrogen and oxygen atoms in total. The fourth-order valence-corrected chi connectivity index (χ4v) is 2.13. The van der Waals surface area contributed by atoms with Crippen molar-refractivity contribution in [2.75, 3.05) is 11.1 Å². The summed E-state index contributed by atoms with van der Waals surface area (Å²) in [7, 11) is 0. The van der Waals surface area contributed by atoms with Gasteiger partial charge in [0.15, 0.2) is 23.3 Å². The van der Waals surface area contributed by atoms with Gasteiger partial charge in [0, 0.05) is 11.6 Å². The summed E-state index contributed by atoms with van der Waals surface area (Å²) in [5, 5.41) is 3.02. The lowest BCUT2D eigenvalue weighted by Crippen LogP contribution is -2.32. The van der Waals surface area contributed by atoms with Gasteiger partial charge in [0.25, 0.3) is 0 Å². The predicted molar refractivity (Wildman–Crippen MR) is 59.1 cm³/mol. The fraction of sp³-hybridized carbons (Fsp3) is 0.545. The van der Waals surface area contributed by atoms with Gasteiger partial charge in [-0.2, -0.15) is 0 Å². The smallest absolute Gasteiger partial charge is 0.168 e. The first-order valence-corrected chi connectivity index (χ1v) is 5.40. The number of pyridine rings is 1. The number of nitrogens with one attached hydrogen (secondary N) is 1. The van der Waals surface area contributed by atoms with Crippen LogP contribution in [0.4, 0.5) is 20.4 Å². The average molecular weight is 227 g/mol. The van der Waals surface area contributed by atoms with Crippen molar-refractivity contribution >= 4 is 11.6 Å². The minimum atomic E-state index is -0.820. The van der Waals surface area contributed by atoms with Crippen molar-refractivity contribution in [3.63, 3.8) is 0 Å². The number of nitrogens with two attached hydrogens (primary N) is 1. The largest absolute Gasteiger partial charge is 0.381 e. The molecule has 1 aromatic rings. The van der Waals surface area contributed by atoms with E-state index in [0.717, 1.165) is 31.7 Å². The van der Waals surface area contributed by atoms with Crippen molar-refractivity contribution < 1.29 is 8.78 Å². The molecule has 0 aliphatic heterocycles. The molecule has 0 aromatic carbocycles. The molecule has 5 heteroatoms. The van der Waals surface area contributed by atoms with Crippen LogP contribution in [0.5, 0.6) is 0 Å². The Morgan fingerprint density at radius 2 is 1.94 bits per heavy atom. The van der Waals surface area contributed by atoms with Gasteiger partial charge in [0.1, 0.15) is 0 Å². The zero-order valence-electron chi connectivity index (χ0n) is 9.19. The molecule has 1 aliphatic carbocycles.